The van der Waals surface area contributed by atoms with Crippen LogP contribution in [0.25, 0.3) is 10.2 Å². The van der Waals surface area contributed by atoms with Gasteiger partial charge in [0.2, 0.25) is 5.91 Å². The molecular formula is C23H21FN2O3S2. The van der Waals surface area contributed by atoms with Crippen LogP contribution in [-0.2, 0) is 11.3 Å². The van der Waals surface area contributed by atoms with Crippen LogP contribution >= 0.6 is 23.1 Å². The minimum absolute atomic E-state index is 0.0528. The van der Waals surface area contributed by atoms with Crippen LogP contribution in [0.4, 0.5) is 9.52 Å². The topological polar surface area (TPSA) is 55.6 Å². The molecule has 0 bridgehead atoms. The van der Waals surface area contributed by atoms with Gasteiger partial charge in [0.25, 0.3) is 0 Å². The fourth-order valence-corrected chi connectivity index (χ4v) is 4.88. The van der Waals surface area contributed by atoms with E-state index in [0.717, 1.165) is 15.1 Å². The first-order valence-corrected chi connectivity index (χ1v) is 11.7. The number of rotatable bonds is 9. The first kappa shape index (κ1) is 21.4. The van der Waals surface area contributed by atoms with Gasteiger partial charge in [-0.1, -0.05) is 17.4 Å². The van der Waals surface area contributed by atoms with Crippen molar-refractivity contribution in [2.24, 2.45) is 0 Å². The second-order valence-corrected chi connectivity index (χ2v) is 8.82. The molecule has 0 N–H and O–H groups in total. The normalized spacial score (nSPS) is 11.0. The number of anilines is 1. The summed E-state index contributed by atoms with van der Waals surface area (Å²) in [5.41, 5.74) is 0.752. The van der Waals surface area contributed by atoms with Crippen molar-refractivity contribution in [3.8, 4) is 5.75 Å². The molecule has 0 unspecified atom stereocenters. The highest BCUT2D eigenvalue weighted by Gasteiger charge is 2.22. The van der Waals surface area contributed by atoms with Gasteiger partial charge in [0, 0.05) is 17.1 Å². The summed E-state index contributed by atoms with van der Waals surface area (Å²) in [4.78, 5) is 20.4. The number of thiazole rings is 1. The molecule has 31 heavy (non-hydrogen) atoms. The largest absolute Gasteiger partial charge is 0.492 e. The molecule has 8 heteroatoms. The molecule has 0 radical (unpaired) electrons. The molecule has 4 rings (SSSR count). The van der Waals surface area contributed by atoms with Gasteiger partial charge in [-0.3, -0.25) is 9.69 Å². The lowest BCUT2D eigenvalue weighted by atomic mass is 10.3. The predicted octanol–water partition coefficient (Wildman–Crippen LogP) is 6.14. The lowest BCUT2D eigenvalue weighted by Gasteiger charge is -2.18. The summed E-state index contributed by atoms with van der Waals surface area (Å²) in [6.07, 6.45) is 1.91. The number of hydrogen-bond donors (Lipinski definition) is 0. The quantitative estimate of drug-likeness (QED) is 0.283. The van der Waals surface area contributed by atoms with E-state index in [0.29, 0.717) is 42.0 Å². The van der Waals surface area contributed by atoms with Crippen LogP contribution in [-0.4, -0.2) is 23.3 Å². The molecule has 0 aliphatic heterocycles. The fourth-order valence-electron chi connectivity index (χ4n) is 3.04. The van der Waals surface area contributed by atoms with Gasteiger partial charge in [-0.2, -0.15) is 0 Å². The monoisotopic (exact) mass is 456 g/mol. The van der Waals surface area contributed by atoms with E-state index in [-0.39, 0.29) is 11.7 Å². The van der Waals surface area contributed by atoms with E-state index < -0.39 is 0 Å². The Kier molecular flexibility index (Phi) is 6.89. The fraction of sp³-hybridized carbons (Fsp3) is 0.217. The van der Waals surface area contributed by atoms with Crippen LogP contribution in [0, 0.1) is 5.82 Å². The molecule has 0 saturated heterocycles. The van der Waals surface area contributed by atoms with Crippen molar-refractivity contribution in [2.75, 3.05) is 17.3 Å². The van der Waals surface area contributed by atoms with Crippen molar-refractivity contribution < 1.29 is 18.3 Å². The van der Waals surface area contributed by atoms with Crippen LogP contribution in [0.2, 0.25) is 0 Å². The molecule has 160 valence electrons. The predicted molar refractivity (Wildman–Crippen MR) is 122 cm³/mol. The van der Waals surface area contributed by atoms with Gasteiger partial charge in [0.05, 0.1) is 24.1 Å². The summed E-state index contributed by atoms with van der Waals surface area (Å²) >= 11 is 2.97. The number of nitrogens with zero attached hydrogens (tertiary/aromatic N) is 2. The third kappa shape index (κ3) is 5.26. The second kappa shape index (κ2) is 9.98. The number of carbonyl (C=O) groups is 1. The van der Waals surface area contributed by atoms with Gasteiger partial charge in [0.1, 0.15) is 22.8 Å². The summed E-state index contributed by atoms with van der Waals surface area (Å²) in [7, 11) is 0. The Hall–Kier alpha value is -2.84. The molecule has 2 heterocycles. The Labute approximate surface area is 187 Å². The maximum atomic E-state index is 13.1. The van der Waals surface area contributed by atoms with Gasteiger partial charge in [-0.05, 0) is 55.5 Å². The number of carbonyl (C=O) groups excluding carboxylic acids is 1. The highest BCUT2D eigenvalue weighted by molar-refractivity contribution is 7.99. The molecule has 5 nitrogen and oxygen atoms in total. The first-order valence-electron chi connectivity index (χ1n) is 9.87. The molecule has 4 aromatic rings. The zero-order valence-electron chi connectivity index (χ0n) is 16.9. The molecule has 0 aliphatic carbocycles. The number of ether oxygens (including phenoxy) is 1. The SMILES string of the molecule is CCOc1cccc2sc(N(Cc3ccco3)C(=O)CCSc3ccc(F)cc3)nc12. The highest BCUT2D eigenvalue weighted by atomic mass is 32.2. The van der Waals surface area contributed by atoms with E-state index in [1.165, 1.54) is 35.2 Å². The van der Waals surface area contributed by atoms with Crippen LogP contribution in [0.5, 0.6) is 5.75 Å². The van der Waals surface area contributed by atoms with Crippen LogP contribution in [0.15, 0.2) is 70.2 Å². The molecule has 0 saturated carbocycles. The molecular weight excluding hydrogens is 435 g/mol. The summed E-state index contributed by atoms with van der Waals surface area (Å²) in [5.74, 6) is 1.65. The third-order valence-electron chi connectivity index (χ3n) is 4.49. The van der Waals surface area contributed by atoms with E-state index in [9.17, 15) is 9.18 Å². The van der Waals surface area contributed by atoms with E-state index in [2.05, 4.69) is 0 Å². The summed E-state index contributed by atoms with van der Waals surface area (Å²) in [5, 5.41) is 0.607. The average molecular weight is 457 g/mol. The minimum Gasteiger partial charge on any atom is -0.492 e. The standard InChI is InChI=1S/C23H21FN2O3S2/c1-2-28-19-6-3-7-20-22(19)25-23(31-20)26(15-17-5-4-13-29-17)21(27)12-14-30-18-10-8-16(24)9-11-18/h3-11,13H,2,12,14-15H2,1H3. The zero-order chi connectivity index (χ0) is 21.6. The summed E-state index contributed by atoms with van der Waals surface area (Å²) < 4.78 is 25.2. The number of benzene rings is 2. The van der Waals surface area contributed by atoms with Crippen molar-refractivity contribution in [2.45, 2.75) is 24.8 Å². The Morgan fingerprint density at radius 3 is 2.77 bits per heavy atom. The maximum Gasteiger partial charge on any atom is 0.230 e. The Morgan fingerprint density at radius 2 is 2.03 bits per heavy atom. The minimum atomic E-state index is -0.271. The zero-order valence-corrected chi connectivity index (χ0v) is 18.5. The molecule has 0 atom stereocenters. The van der Waals surface area contributed by atoms with Gasteiger partial charge in [-0.25, -0.2) is 9.37 Å². The van der Waals surface area contributed by atoms with Gasteiger partial charge in [0.15, 0.2) is 5.13 Å². The molecule has 2 aromatic heterocycles. The third-order valence-corrected chi connectivity index (χ3v) is 6.55. The number of aromatic nitrogens is 1. The number of halogens is 1. The molecule has 0 aliphatic rings. The van der Waals surface area contributed by atoms with Crippen molar-refractivity contribution in [1.29, 1.82) is 0 Å². The Morgan fingerprint density at radius 1 is 1.19 bits per heavy atom. The van der Waals surface area contributed by atoms with Gasteiger partial charge in [-0.15, -0.1) is 11.8 Å². The first-order chi connectivity index (χ1) is 15.1. The summed E-state index contributed by atoms with van der Waals surface area (Å²) in [6, 6.07) is 15.7. The van der Waals surface area contributed by atoms with Crippen molar-refractivity contribution in [3.05, 3.63) is 72.4 Å². The van der Waals surface area contributed by atoms with Crippen molar-refractivity contribution >= 4 is 44.4 Å². The van der Waals surface area contributed by atoms with Crippen LogP contribution in [0.1, 0.15) is 19.1 Å². The highest BCUT2D eigenvalue weighted by Crippen LogP contribution is 2.35. The lowest BCUT2D eigenvalue weighted by molar-refractivity contribution is -0.118. The Balaban J connectivity index is 1.54. The average Bonchev–Trinajstić information content (AvgIpc) is 3.43. The van der Waals surface area contributed by atoms with Crippen LogP contribution in [0.3, 0.4) is 0 Å². The van der Waals surface area contributed by atoms with Crippen molar-refractivity contribution in [1.82, 2.24) is 4.98 Å². The number of hydrogen-bond acceptors (Lipinski definition) is 6. The van der Waals surface area contributed by atoms with Crippen molar-refractivity contribution in [3.63, 3.8) is 0 Å². The lowest BCUT2D eigenvalue weighted by Crippen LogP contribution is -2.30. The van der Waals surface area contributed by atoms with E-state index in [1.54, 1.807) is 29.4 Å². The maximum absolute atomic E-state index is 13.1. The molecule has 1 amide bonds. The van der Waals surface area contributed by atoms with E-state index >= 15 is 0 Å². The smallest absolute Gasteiger partial charge is 0.230 e. The Bertz CT molecular complexity index is 1140. The number of thioether (sulfide) groups is 1. The van der Waals surface area contributed by atoms with Gasteiger partial charge < -0.3 is 9.15 Å². The number of amides is 1. The van der Waals surface area contributed by atoms with E-state index in [1.807, 2.05) is 31.2 Å². The second-order valence-electron chi connectivity index (χ2n) is 6.64. The molecule has 0 fully saturated rings. The number of para-hydroxylation sites is 1. The summed E-state index contributed by atoms with van der Waals surface area (Å²) in [6.45, 7) is 2.77. The van der Waals surface area contributed by atoms with Gasteiger partial charge >= 0.3 is 0 Å². The number of fused-ring (bicyclic) bond motifs is 1. The molecule has 0 spiro atoms. The van der Waals surface area contributed by atoms with Crippen LogP contribution < -0.4 is 9.64 Å². The van der Waals surface area contributed by atoms with E-state index in [4.69, 9.17) is 14.1 Å². The molecule has 2 aromatic carbocycles. The number of furan rings is 1.